The van der Waals surface area contributed by atoms with Crippen molar-refractivity contribution >= 4 is 20.9 Å². The number of benzene rings is 1. The normalized spacial score (nSPS) is 12.1. The molecule has 0 aliphatic rings. The first-order valence-electron chi connectivity index (χ1n) is 5.72. The predicted molar refractivity (Wildman–Crippen MR) is 68.7 cm³/mol. The van der Waals surface area contributed by atoms with Crippen molar-refractivity contribution in [1.29, 1.82) is 0 Å². The smallest absolute Gasteiger partial charge is 0.152 e. The number of sulfone groups is 1. The maximum Gasteiger partial charge on any atom is 0.152 e. The number of para-hydroxylation sites is 2. The maximum atomic E-state index is 11.6. The van der Waals surface area contributed by atoms with Crippen LogP contribution in [0.15, 0.2) is 30.6 Å². The largest absolute Gasteiger partial charge is 0.330 e. The van der Waals surface area contributed by atoms with Gasteiger partial charge >= 0.3 is 0 Å². The molecular formula is C12H16N2O2S. The molecule has 0 unspecified atom stereocenters. The standard InChI is InChI=1S/C12H16N2O2S/c1-2-8-17(15,16)9-7-14-10-13-11-5-3-4-6-12(11)14/h3-6,10H,2,7-9H2,1H3. The Morgan fingerprint density at radius 3 is 2.76 bits per heavy atom. The van der Waals surface area contributed by atoms with Crippen molar-refractivity contribution in [2.75, 3.05) is 11.5 Å². The lowest BCUT2D eigenvalue weighted by molar-refractivity contribution is 0.588. The molecule has 1 aromatic carbocycles. The highest BCUT2D eigenvalue weighted by molar-refractivity contribution is 7.91. The van der Waals surface area contributed by atoms with Crippen molar-refractivity contribution in [3.63, 3.8) is 0 Å². The van der Waals surface area contributed by atoms with E-state index in [4.69, 9.17) is 0 Å². The van der Waals surface area contributed by atoms with Crippen molar-refractivity contribution in [2.24, 2.45) is 0 Å². The van der Waals surface area contributed by atoms with E-state index in [0.29, 0.717) is 13.0 Å². The molecular weight excluding hydrogens is 236 g/mol. The second-order valence-corrected chi connectivity index (χ2v) is 6.38. The Hall–Kier alpha value is -1.36. The lowest BCUT2D eigenvalue weighted by Crippen LogP contribution is -2.15. The van der Waals surface area contributed by atoms with E-state index >= 15 is 0 Å². The Labute approximate surface area is 101 Å². The van der Waals surface area contributed by atoms with E-state index in [1.54, 1.807) is 6.33 Å². The molecule has 0 spiro atoms. The predicted octanol–water partition coefficient (Wildman–Crippen LogP) is 1.86. The molecule has 0 atom stereocenters. The van der Waals surface area contributed by atoms with Gasteiger partial charge in [-0.3, -0.25) is 0 Å². The molecule has 2 rings (SSSR count). The zero-order chi connectivity index (χ0) is 12.3. The highest BCUT2D eigenvalue weighted by Gasteiger charge is 2.10. The lowest BCUT2D eigenvalue weighted by atomic mass is 10.3. The highest BCUT2D eigenvalue weighted by Crippen LogP contribution is 2.11. The maximum absolute atomic E-state index is 11.6. The first kappa shape index (κ1) is 12.1. The Bertz CT molecular complexity index is 602. The number of aryl methyl sites for hydroxylation is 1. The summed E-state index contributed by atoms with van der Waals surface area (Å²) in [5.74, 6) is 0.445. The highest BCUT2D eigenvalue weighted by atomic mass is 32.2. The topological polar surface area (TPSA) is 52.0 Å². The average Bonchev–Trinajstić information content (AvgIpc) is 2.70. The van der Waals surface area contributed by atoms with E-state index < -0.39 is 9.84 Å². The summed E-state index contributed by atoms with van der Waals surface area (Å²) in [6, 6.07) is 7.73. The van der Waals surface area contributed by atoms with Gasteiger partial charge in [0.2, 0.25) is 0 Å². The third-order valence-corrected chi connectivity index (χ3v) is 4.52. The molecule has 4 nitrogen and oxygen atoms in total. The third kappa shape index (κ3) is 2.85. The van der Waals surface area contributed by atoms with Crippen molar-refractivity contribution in [1.82, 2.24) is 9.55 Å². The summed E-state index contributed by atoms with van der Waals surface area (Å²) < 4.78 is 25.1. The van der Waals surface area contributed by atoms with E-state index in [1.165, 1.54) is 0 Å². The van der Waals surface area contributed by atoms with E-state index in [0.717, 1.165) is 11.0 Å². The number of fused-ring (bicyclic) bond motifs is 1. The Morgan fingerprint density at radius 2 is 2.00 bits per heavy atom. The van der Waals surface area contributed by atoms with Gasteiger partial charge in [-0.1, -0.05) is 19.1 Å². The summed E-state index contributed by atoms with van der Waals surface area (Å²) in [6.07, 6.45) is 2.37. The molecule has 1 heterocycles. The monoisotopic (exact) mass is 252 g/mol. The van der Waals surface area contributed by atoms with Crippen molar-refractivity contribution in [2.45, 2.75) is 19.9 Å². The second-order valence-electron chi connectivity index (χ2n) is 4.08. The van der Waals surface area contributed by atoms with Crippen LogP contribution in [-0.4, -0.2) is 29.5 Å². The zero-order valence-electron chi connectivity index (χ0n) is 9.83. The van der Waals surface area contributed by atoms with Crippen LogP contribution in [-0.2, 0) is 16.4 Å². The quantitative estimate of drug-likeness (QED) is 0.816. The minimum atomic E-state index is -2.92. The van der Waals surface area contributed by atoms with E-state index in [2.05, 4.69) is 4.98 Å². The molecule has 1 aromatic heterocycles. The fraction of sp³-hybridized carbons (Fsp3) is 0.417. The van der Waals surface area contributed by atoms with Crippen molar-refractivity contribution in [3.05, 3.63) is 30.6 Å². The number of rotatable bonds is 5. The van der Waals surface area contributed by atoms with Crippen LogP contribution in [0.25, 0.3) is 11.0 Å². The summed E-state index contributed by atoms with van der Waals surface area (Å²) in [6.45, 7) is 2.35. The summed E-state index contributed by atoms with van der Waals surface area (Å²) in [5.41, 5.74) is 1.89. The van der Waals surface area contributed by atoms with Crippen LogP contribution in [0.1, 0.15) is 13.3 Å². The van der Waals surface area contributed by atoms with Gasteiger partial charge in [0.15, 0.2) is 9.84 Å². The molecule has 5 heteroatoms. The lowest BCUT2D eigenvalue weighted by Gasteiger charge is -2.05. The Morgan fingerprint density at radius 1 is 1.24 bits per heavy atom. The molecule has 0 bridgehead atoms. The van der Waals surface area contributed by atoms with Gasteiger partial charge in [0.05, 0.1) is 23.1 Å². The number of imidazole rings is 1. The minimum Gasteiger partial charge on any atom is -0.330 e. The molecule has 0 radical (unpaired) electrons. The number of aromatic nitrogens is 2. The van der Waals surface area contributed by atoms with Crippen LogP contribution in [0.2, 0.25) is 0 Å². The first-order valence-corrected chi connectivity index (χ1v) is 7.55. The van der Waals surface area contributed by atoms with E-state index in [9.17, 15) is 8.42 Å². The van der Waals surface area contributed by atoms with Gasteiger partial charge in [-0.15, -0.1) is 0 Å². The van der Waals surface area contributed by atoms with Crippen LogP contribution in [0, 0.1) is 0 Å². The zero-order valence-corrected chi connectivity index (χ0v) is 10.7. The third-order valence-electron chi connectivity index (χ3n) is 2.69. The second kappa shape index (κ2) is 4.87. The summed E-state index contributed by atoms with van der Waals surface area (Å²) in [5, 5.41) is 0. The van der Waals surface area contributed by atoms with Gasteiger partial charge in [0.25, 0.3) is 0 Å². The molecule has 0 fully saturated rings. The van der Waals surface area contributed by atoms with E-state index in [1.807, 2.05) is 35.8 Å². The Kier molecular flexibility index (Phi) is 3.47. The van der Waals surface area contributed by atoms with Crippen LogP contribution in [0.4, 0.5) is 0 Å². The fourth-order valence-electron chi connectivity index (χ4n) is 1.84. The van der Waals surface area contributed by atoms with Crippen LogP contribution in [0.3, 0.4) is 0 Å². The SMILES string of the molecule is CCCS(=O)(=O)CCn1cnc2ccccc21. The van der Waals surface area contributed by atoms with Crippen molar-refractivity contribution in [3.8, 4) is 0 Å². The van der Waals surface area contributed by atoms with Crippen molar-refractivity contribution < 1.29 is 8.42 Å². The van der Waals surface area contributed by atoms with E-state index in [-0.39, 0.29) is 11.5 Å². The summed E-state index contributed by atoms with van der Waals surface area (Å²) in [4.78, 5) is 4.23. The number of hydrogen-bond donors (Lipinski definition) is 0. The van der Waals surface area contributed by atoms with Gasteiger partial charge in [0.1, 0.15) is 0 Å². The molecule has 0 saturated heterocycles. The van der Waals surface area contributed by atoms with Gasteiger partial charge < -0.3 is 4.57 Å². The molecule has 2 aromatic rings. The number of nitrogens with zero attached hydrogens (tertiary/aromatic N) is 2. The number of hydrogen-bond acceptors (Lipinski definition) is 3. The molecule has 0 N–H and O–H groups in total. The molecule has 0 aliphatic carbocycles. The first-order chi connectivity index (χ1) is 8.12. The molecule has 92 valence electrons. The molecule has 0 aliphatic heterocycles. The fourth-order valence-corrected chi connectivity index (χ4v) is 3.14. The van der Waals surface area contributed by atoms with Gasteiger partial charge in [-0.05, 0) is 18.6 Å². The van der Waals surface area contributed by atoms with Gasteiger partial charge in [-0.2, -0.15) is 0 Å². The summed E-state index contributed by atoms with van der Waals surface area (Å²) >= 11 is 0. The average molecular weight is 252 g/mol. The summed E-state index contributed by atoms with van der Waals surface area (Å²) in [7, 11) is -2.92. The molecule has 0 saturated carbocycles. The van der Waals surface area contributed by atoms with Gasteiger partial charge in [0, 0.05) is 12.3 Å². The minimum absolute atomic E-state index is 0.182. The Balaban J connectivity index is 2.15. The molecule has 17 heavy (non-hydrogen) atoms. The van der Waals surface area contributed by atoms with Crippen LogP contribution < -0.4 is 0 Å². The van der Waals surface area contributed by atoms with Gasteiger partial charge in [-0.25, -0.2) is 13.4 Å². The van der Waals surface area contributed by atoms with Crippen LogP contribution >= 0.6 is 0 Å². The molecule has 0 amide bonds. The van der Waals surface area contributed by atoms with Crippen LogP contribution in [0.5, 0.6) is 0 Å².